The third kappa shape index (κ3) is 5.59. The molecule has 0 fully saturated rings. The van der Waals surface area contributed by atoms with Crippen molar-refractivity contribution >= 4 is 33.6 Å². The maximum atomic E-state index is 5.40. The topological polar surface area (TPSA) is 24.7 Å². The first kappa shape index (κ1) is 31.5. The van der Waals surface area contributed by atoms with E-state index in [1.807, 2.05) is 0 Å². The predicted molar refractivity (Wildman–Crippen MR) is 172 cm³/mol. The molecule has 0 saturated heterocycles. The van der Waals surface area contributed by atoms with E-state index in [0.29, 0.717) is 0 Å². The fourth-order valence-corrected chi connectivity index (χ4v) is 5.57. The summed E-state index contributed by atoms with van der Waals surface area (Å²) in [4.78, 5) is 10.8. The van der Waals surface area contributed by atoms with E-state index in [9.17, 15) is 0 Å². The molecule has 1 aliphatic carbocycles. The molecule has 0 heterocycles. The van der Waals surface area contributed by atoms with Gasteiger partial charge in [-0.05, 0) is 77.3 Å². The van der Waals surface area contributed by atoms with Crippen molar-refractivity contribution < 1.29 is 16.5 Å². The third-order valence-electron chi connectivity index (χ3n) is 7.80. The molecule has 40 heavy (non-hydrogen) atoms. The molecule has 0 bridgehead atoms. The van der Waals surface area contributed by atoms with E-state index < -0.39 is 0 Å². The fraction of sp³-hybridized carbons (Fsp3) is 0.324. The van der Waals surface area contributed by atoms with Gasteiger partial charge < -0.3 is 7.43 Å². The summed E-state index contributed by atoms with van der Waals surface area (Å²) < 4.78 is 0. The van der Waals surface area contributed by atoms with E-state index in [-0.39, 0.29) is 34.7 Å². The molecule has 1 aliphatic rings. The maximum Gasteiger partial charge on any atom is 2.00 e. The van der Waals surface area contributed by atoms with Gasteiger partial charge in [-0.25, -0.2) is 9.98 Å². The molecule has 0 spiro atoms. The Morgan fingerprint density at radius 3 is 1.15 bits per heavy atom. The summed E-state index contributed by atoms with van der Waals surface area (Å²) in [6.45, 7) is 22.3. The van der Waals surface area contributed by atoms with E-state index in [1.165, 1.54) is 44.2 Å². The Morgan fingerprint density at radius 2 is 0.850 bits per heavy atom. The predicted octanol–water partition coefficient (Wildman–Crippen LogP) is 10.4. The molecule has 5 rings (SSSR count). The van der Waals surface area contributed by atoms with Gasteiger partial charge in [-0.3, -0.25) is 0 Å². The van der Waals surface area contributed by atoms with Crippen molar-refractivity contribution in [3.63, 3.8) is 0 Å². The summed E-state index contributed by atoms with van der Waals surface area (Å²) in [6.07, 6.45) is 0. The van der Waals surface area contributed by atoms with Crippen LogP contribution in [-0.2, 0) is 27.3 Å². The Bertz CT molecular complexity index is 1490. The van der Waals surface area contributed by atoms with Crippen molar-refractivity contribution in [2.75, 3.05) is 0 Å². The van der Waals surface area contributed by atoms with E-state index >= 15 is 0 Å². The summed E-state index contributed by atoms with van der Waals surface area (Å²) in [5.41, 5.74) is 14.0. The average molecular weight is 574 g/mol. The van der Waals surface area contributed by atoms with Crippen molar-refractivity contribution in [3.8, 4) is 0 Å². The van der Waals surface area contributed by atoms with Crippen molar-refractivity contribution in [1.82, 2.24) is 0 Å². The van der Waals surface area contributed by atoms with Crippen LogP contribution in [-0.4, -0.2) is 11.4 Å². The van der Waals surface area contributed by atoms with Gasteiger partial charge in [0.05, 0.1) is 22.8 Å². The minimum Gasteiger partial charge on any atom is -0.358 e. The Labute approximate surface area is 252 Å². The van der Waals surface area contributed by atoms with Gasteiger partial charge >= 0.3 is 16.5 Å². The van der Waals surface area contributed by atoms with Crippen molar-refractivity contribution in [3.05, 3.63) is 113 Å². The molecular formula is C37H43N2Ni+. The molecule has 0 unspecified atom stereocenters. The molecule has 4 aromatic carbocycles. The third-order valence-corrected chi connectivity index (χ3v) is 7.80. The summed E-state index contributed by atoms with van der Waals surface area (Å²) in [5, 5.41) is 2.47. The number of aliphatic imine (C=N–C) groups is 2. The monoisotopic (exact) mass is 573 g/mol. The molecule has 0 saturated carbocycles. The van der Waals surface area contributed by atoms with Crippen LogP contribution in [0.2, 0.25) is 0 Å². The molecule has 0 amide bonds. The van der Waals surface area contributed by atoms with Gasteiger partial charge in [-0.1, -0.05) is 102 Å². The zero-order chi connectivity index (χ0) is 27.6. The van der Waals surface area contributed by atoms with Gasteiger partial charge in [0, 0.05) is 16.5 Å². The Balaban J connectivity index is 0.00000220. The number of benzene rings is 4. The van der Waals surface area contributed by atoms with E-state index in [2.05, 4.69) is 130 Å². The van der Waals surface area contributed by atoms with Gasteiger partial charge in [0.2, 0.25) is 0 Å². The first-order valence-electron chi connectivity index (χ1n) is 13.7. The van der Waals surface area contributed by atoms with E-state index in [4.69, 9.17) is 9.98 Å². The van der Waals surface area contributed by atoms with Gasteiger partial charge in [0.15, 0.2) is 0 Å². The first-order chi connectivity index (χ1) is 17.8. The standard InChI is InChI=1S/C36H40N2.CH3.Ni/c1-21-17-26(35(5,6)7)18-22(2)31(21)37-33-28-15-11-13-25-14-12-16-29(30(25)28)34(33)38-32-23(3)19-27(20-24(32)4)36(8,9)10;;/h11-20H,1-10H3;1H3;/q;-1;+2. The molecule has 0 aromatic heterocycles. The molecule has 0 N–H and O–H groups in total. The fourth-order valence-electron chi connectivity index (χ4n) is 5.57. The van der Waals surface area contributed by atoms with Crippen molar-refractivity contribution in [2.45, 2.75) is 80.1 Å². The summed E-state index contributed by atoms with van der Waals surface area (Å²) >= 11 is 0. The molecule has 0 radical (unpaired) electrons. The van der Waals surface area contributed by atoms with Crippen LogP contribution >= 0.6 is 0 Å². The van der Waals surface area contributed by atoms with Crippen LogP contribution < -0.4 is 0 Å². The summed E-state index contributed by atoms with van der Waals surface area (Å²) in [5.74, 6) is 0. The summed E-state index contributed by atoms with van der Waals surface area (Å²) in [6, 6.07) is 22.2. The van der Waals surface area contributed by atoms with Crippen molar-refractivity contribution in [1.29, 1.82) is 0 Å². The number of hydrogen-bond acceptors (Lipinski definition) is 2. The van der Waals surface area contributed by atoms with Gasteiger partial charge in [0.25, 0.3) is 0 Å². The number of rotatable bonds is 2. The van der Waals surface area contributed by atoms with Gasteiger partial charge in [-0.15, -0.1) is 0 Å². The van der Waals surface area contributed by atoms with Crippen LogP contribution in [0.1, 0.15) is 86.1 Å². The Kier molecular flexibility index (Phi) is 8.74. The van der Waals surface area contributed by atoms with Crippen molar-refractivity contribution in [2.24, 2.45) is 9.98 Å². The number of aryl methyl sites for hydroxylation is 4. The molecular weight excluding hydrogens is 531 g/mol. The molecule has 3 heteroatoms. The smallest absolute Gasteiger partial charge is 0.358 e. The minimum absolute atomic E-state index is 0. The van der Waals surface area contributed by atoms with Crippen LogP contribution in [0.25, 0.3) is 10.8 Å². The second-order valence-corrected chi connectivity index (χ2v) is 13.0. The molecule has 4 aromatic rings. The van der Waals surface area contributed by atoms with Crippen LogP contribution in [0.3, 0.4) is 0 Å². The normalized spacial score (nSPS) is 14.9. The number of nitrogens with zero attached hydrogens (tertiary/aromatic N) is 2. The van der Waals surface area contributed by atoms with Gasteiger partial charge in [0.1, 0.15) is 0 Å². The SMILES string of the molecule is Cc1cc(C(C)(C)C)cc(C)c1N=C1C(=Nc2c(C)cc(C(C)(C)C)cc2C)c2cccc3cccc1c23.[CH3-].[Ni+2]. The van der Waals surface area contributed by atoms with E-state index in [0.717, 1.165) is 33.9 Å². The Morgan fingerprint density at radius 1 is 0.525 bits per heavy atom. The quantitative estimate of drug-likeness (QED) is 0.168. The summed E-state index contributed by atoms with van der Waals surface area (Å²) in [7, 11) is 0. The number of hydrogen-bond donors (Lipinski definition) is 0. The van der Waals surface area contributed by atoms with Crippen LogP contribution in [0.4, 0.5) is 11.4 Å². The minimum atomic E-state index is 0. The van der Waals surface area contributed by atoms with Crippen LogP contribution in [0, 0.1) is 35.1 Å². The zero-order valence-electron chi connectivity index (χ0n) is 26.0. The second kappa shape index (κ2) is 11.1. The average Bonchev–Trinajstić information content (AvgIpc) is 3.11. The molecule has 0 atom stereocenters. The zero-order valence-corrected chi connectivity index (χ0v) is 27.0. The molecule has 210 valence electrons. The molecule has 0 aliphatic heterocycles. The Hall–Kier alpha value is -3.03. The molecule has 2 nitrogen and oxygen atoms in total. The second-order valence-electron chi connectivity index (χ2n) is 13.0. The van der Waals surface area contributed by atoms with Crippen LogP contribution in [0.15, 0.2) is 70.6 Å². The van der Waals surface area contributed by atoms with Gasteiger partial charge in [-0.2, -0.15) is 0 Å². The maximum absolute atomic E-state index is 5.40. The van der Waals surface area contributed by atoms with Crippen LogP contribution in [0.5, 0.6) is 0 Å². The first-order valence-corrected chi connectivity index (χ1v) is 13.7. The van der Waals surface area contributed by atoms with E-state index in [1.54, 1.807) is 0 Å². The largest absolute Gasteiger partial charge is 2.00 e.